The highest BCUT2D eigenvalue weighted by molar-refractivity contribution is 7.89. The zero-order chi connectivity index (χ0) is 22.3. The number of nitrogens with one attached hydrogen (secondary N) is 1. The number of benzene rings is 2. The first-order valence-corrected chi connectivity index (χ1v) is 11.1. The Morgan fingerprint density at radius 3 is 2.33 bits per heavy atom. The average molecular weight is 435 g/mol. The first-order chi connectivity index (χ1) is 14.1. The summed E-state index contributed by atoms with van der Waals surface area (Å²) in [7, 11) is 0.923. The van der Waals surface area contributed by atoms with Crippen LogP contribution in [0.1, 0.15) is 23.1 Å². The Hall–Kier alpha value is -2.58. The van der Waals surface area contributed by atoms with Gasteiger partial charge in [-0.1, -0.05) is 6.07 Å². The third kappa shape index (κ3) is 6.47. The van der Waals surface area contributed by atoms with Crippen LogP contribution in [0, 0.1) is 13.8 Å². The maximum atomic E-state index is 12.3. The minimum atomic E-state index is -3.55. The van der Waals surface area contributed by atoms with Crippen molar-refractivity contribution in [1.29, 1.82) is 0 Å². The van der Waals surface area contributed by atoms with Crippen LogP contribution in [0.4, 0.5) is 0 Å². The molecule has 0 heterocycles. The quantitative estimate of drug-likeness (QED) is 0.581. The van der Waals surface area contributed by atoms with Gasteiger partial charge in [-0.05, 0) is 67.3 Å². The highest BCUT2D eigenvalue weighted by Gasteiger charge is 2.19. The van der Waals surface area contributed by atoms with E-state index in [1.807, 2.05) is 26.0 Å². The standard InChI is InChI=1S/C22H30N2O5S/c1-16-12-17(2)14-19(13-16)29-11-10-23-22(25)9-6-18-15-20(7-8-21(18)28-5)30(26,27)24(3)4/h7-8,12-15H,6,9-11H2,1-5H3,(H,23,25). The van der Waals surface area contributed by atoms with E-state index in [1.54, 1.807) is 12.1 Å². The van der Waals surface area contributed by atoms with Gasteiger partial charge in [-0.25, -0.2) is 12.7 Å². The van der Waals surface area contributed by atoms with E-state index >= 15 is 0 Å². The van der Waals surface area contributed by atoms with Crippen molar-refractivity contribution in [2.75, 3.05) is 34.4 Å². The molecule has 7 nitrogen and oxygen atoms in total. The summed E-state index contributed by atoms with van der Waals surface area (Å²) in [4.78, 5) is 12.4. The molecule has 0 aromatic heterocycles. The SMILES string of the molecule is COc1ccc(S(=O)(=O)N(C)C)cc1CCC(=O)NCCOc1cc(C)cc(C)c1. The second kappa shape index (κ2) is 10.4. The molecule has 0 spiro atoms. The van der Waals surface area contributed by atoms with Gasteiger partial charge in [0.1, 0.15) is 18.1 Å². The molecular formula is C22H30N2O5S. The molecule has 2 aromatic rings. The molecule has 0 radical (unpaired) electrons. The summed E-state index contributed by atoms with van der Waals surface area (Å²) in [5, 5.41) is 2.82. The van der Waals surface area contributed by atoms with Gasteiger partial charge < -0.3 is 14.8 Å². The van der Waals surface area contributed by atoms with Crippen molar-refractivity contribution in [3.8, 4) is 11.5 Å². The molecule has 2 rings (SSSR count). The zero-order valence-electron chi connectivity index (χ0n) is 18.2. The van der Waals surface area contributed by atoms with Gasteiger partial charge in [0.2, 0.25) is 15.9 Å². The maximum Gasteiger partial charge on any atom is 0.242 e. The molecule has 0 bridgehead atoms. The van der Waals surface area contributed by atoms with E-state index in [9.17, 15) is 13.2 Å². The number of ether oxygens (including phenoxy) is 2. The van der Waals surface area contributed by atoms with E-state index in [0.717, 1.165) is 21.2 Å². The normalized spacial score (nSPS) is 11.4. The van der Waals surface area contributed by atoms with Crippen molar-refractivity contribution in [1.82, 2.24) is 9.62 Å². The van der Waals surface area contributed by atoms with E-state index in [1.165, 1.54) is 27.3 Å². The van der Waals surface area contributed by atoms with Crippen molar-refractivity contribution >= 4 is 15.9 Å². The molecule has 1 N–H and O–H groups in total. The molecular weight excluding hydrogens is 404 g/mol. The van der Waals surface area contributed by atoms with E-state index in [2.05, 4.69) is 11.4 Å². The Morgan fingerprint density at radius 1 is 1.07 bits per heavy atom. The van der Waals surface area contributed by atoms with Gasteiger partial charge in [-0.2, -0.15) is 0 Å². The lowest BCUT2D eigenvalue weighted by atomic mass is 10.1. The summed E-state index contributed by atoms with van der Waals surface area (Å²) in [6, 6.07) is 10.7. The lowest BCUT2D eigenvalue weighted by molar-refractivity contribution is -0.121. The molecule has 0 aliphatic rings. The second-order valence-corrected chi connectivity index (χ2v) is 9.43. The summed E-state index contributed by atoms with van der Waals surface area (Å²) >= 11 is 0. The molecule has 0 atom stereocenters. The Balaban J connectivity index is 1.89. The van der Waals surface area contributed by atoms with Gasteiger partial charge in [-0.3, -0.25) is 4.79 Å². The van der Waals surface area contributed by atoms with Crippen LogP contribution in [-0.4, -0.2) is 53.0 Å². The molecule has 2 aromatic carbocycles. The minimum Gasteiger partial charge on any atom is -0.496 e. The van der Waals surface area contributed by atoms with Crippen molar-refractivity contribution in [2.24, 2.45) is 0 Å². The van der Waals surface area contributed by atoms with Crippen molar-refractivity contribution in [3.63, 3.8) is 0 Å². The van der Waals surface area contributed by atoms with Gasteiger partial charge >= 0.3 is 0 Å². The number of rotatable bonds is 10. The van der Waals surface area contributed by atoms with E-state index in [-0.39, 0.29) is 17.2 Å². The predicted molar refractivity (Wildman–Crippen MR) is 117 cm³/mol. The molecule has 0 saturated heterocycles. The van der Waals surface area contributed by atoms with Gasteiger partial charge in [0, 0.05) is 20.5 Å². The van der Waals surface area contributed by atoms with Crippen LogP contribution in [0.2, 0.25) is 0 Å². The first-order valence-electron chi connectivity index (χ1n) is 9.70. The van der Waals surface area contributed by atoms with E-state index in [4.69, 9.17) is 9.47 Å². The largest absolute Gasteiger partial charge is 0.496 e. The van der Waals surface area contributed by atoms with E-state index < -0.39 is 10.0 Å². The van der Waals surface area contributed by atoms with Crippen LogP contribution < -0.4 is 14.8 Å². The fourth-order valence-corrected chi connectivity index (χ4v) is 3.99. The number of carbonyl (C=O) groups is 1. The Morgan fingerprint density at radius 2 is 1.73 bits per heavy atom. The Kier molecular flexibility index (Phi) is 8.25. The van der Waals surface area contributed by atoms with Gasteiger partial charge in [0.05, 0.1) is 18.6 Å². The highest BCUT2D eigenvalue weighted by atomic mass is 32.2. The molecule has 0 aliphatic carbocycles. The number of sulfonamides is 1. The molecule has 30 heavy (non-hydrogen) atoms. The summed E-state index contributed by atoms with van der Waals surface area (Å²) in [5.74, 6) is 1.20. The van der Waals surface area contributed by atoms with E-state index in [0.29, 0.717) is 30.9 Å². The number of amides is 1. The number of aryl methyl sites for hydroxylation is 3. The van der Waals surface area contributed by atoms with Gasteiger partial charge in [0.25, 0.3) is 0 Å². The number of hydrogen-bond donors (Lipinski definition) is 1. The van der Waals surface area contributed by atoms with Gasteiger partial charge in [-0.15, -0.1) is 0 Å². The fourth-order valence-electron chi connectivity index (χ4n) is 3.03. The number of methoxy groups -OCH3 is 1. The summed E-state index contributed by atoms with van der Waals surface area (Å²) in [6.45, 7) is 4.77. The zero-order valence-corrected chi connectivity index (χ0v) is 19.0. The molecule has 164 valence electrons. The van der Waals surface area contributed by atoms with Crippen molar-refractivity contribution in [3.05, 3.63) is 53.1 Å². The van der Waals surface area contributed by atoms with Crippen LogP contribution in [-0.2, 0) is 21.2 Å². The van der Waals surface area contributed by atoms with Crippen LogP contribution >= 0.6 is 0 Å². The predicted octanol–water partition coefficient (Wildman–Crippen LogP) is 2.69. The summed E-state index contributed by atoms with van der Waals surface area (Å²) < 4.78 is 36.8. The van der Waals surface area contributed by atoms with Crippen LogP contribution in [0.3, 0.4) is 0 Å². The minimum absolute atomic E-state index is 0.137. The summed E-state index contributed by atoms with van der Waals surface area (Å²) in [5.41, 5.74) is 2.92. The third-order valence-electron chi connectivity index (χ3n) is 4.54. The average Bonchev–Trinajstić information content (AvgIpc) is 2.68. The van der Waals surface area contributed by atoms with Gasteiger partial charge in [0.15, 0.2) is 0 Å². The summed E-state index contributed by atoms with van der Waals surface area (Å²) in [6.07, 6.45) is 0.578. The molecule has 0 aliphatic heterocycles. The number of carbonyl (C=O) groups excluding carboxylic acids is 1. The first kappa shape index (κ1) is 23.7. The Labute approximate surface area is 179 Å². The molecule has 8 heteroatoms. The molecule has 0 unspecified atom stereocenters. The van der Waals surface area contributed by atoms with Crippen LogP contribution in [0.15, 0.2) is 41.3 Å². The lowest BCUT2D eigenvalue weighted by Gasteiger charge is -2.14. The molecule has 0 saturated carbocycles. The lowest BCUT2D eigenvalue weighted by Crippen LogP contribution is -2.28. The molecule has 0 fully saturated rings. The smallest absolute Gasteiger partial charge is 0.242 e. The van der Waals surface area contributed by atoms with Crippen molar-refractivity contribution < 1.29 is 22.7 Å². The molecule has 1 amide bonds. The fraction of sp³-hybridized carbons (Fsp3) is 0.409. The maximum absolute atomic E-state index is 12.3. The van der Waals surface area contributed by atoms with Crippen LogP contribution in [0.25, 0.3) is 0 Å². The number of nitrogens with zero attached hydrogens (tertiary/aromatic N) is 1. The topological polar surface area (TPSA) is 84.9 Å². The number of hydrogen-bond acceptors (Lipinski definition) is 5. The van der Waals surface area contributed by atoms with Crippen LogP contribution in [0.5, 0.6) is 11.5 Å². The highest BCUT2D eigenvalue weighted by Crippen LogP contribution is 2.25. The Bertz CT molecular complexity index is 967. The second-order valence-electron chi connectivity index (χ2n) is 7.28. The third-order valence-corrected chi connectivity index (χ3v) is 6.35. The van der Waals surface area contributed by atoms with Crippen molar-refractivity contribution in [2.45, 2.75) is 31.6 Å². The monoisotopic (exact) mass is 434 g/mol.